The number of rotatable bonds is 12. The lowest BCUT2D eigenvalue weighted by Gasteiger charge is -2.27. The van der Waals surface area contributed by atoms with Crippen molar-refractivity contribution in [2.75, 3.05) is 20.1 Å². The van der Waals surface area contributed by atoms with E-state index in [1.165, 1.54) is 4.90 Å². The number of nitrogens with two attached hydrogens (primary N) is 2. The molecule has 9 N–H and O–H groups in total. The van der Waals surface area contributed by atoms with Crippen molar-refractivity contribution in [3.63, 3.8) is 0 Å². The molecule has 0 aromatic rings. The van der Waals surface area contributed by atoms with Gasteiger partial charge in [-0.2, -0.15) is 0 Å². The van der Waals surface area contributed by atoms with Gasteiger partial charge in [0, 0.05) is 6.54 Å². The second-order valence-electron chi connectivity index (χ2n) is 7.33. The summed E-state index contributed by atoms with van der Waals surface area (Å²) in [5.74, 6) is -0.665. The molecule has 1 aliphatic rings. The Hall–Kier alpha value is -2.72. The molecular weight excluding hydrogens is 406 g/mol. The maximum Gasteiger partial charge on any atom is 0.326 e. The molecule has 1 saturated heterocycles. The van der Waals surface area contributed by atoms with Crippen molar-refractivity contribution in [1.29, 1.82) is 0 Å². The standard InChI is InChI=1S/C19H33N7O5/c1-4-12(15(27)25-13(18(30)31)7-5-9-23-19(20)21)24-16(28)14-8-6-10-26(14)17(29)11(2)22-3/h1,11-14,19,22-23H,5-10,20-21H2,2-3H3,(H,24,28)(H,25,27)(H,30,31)/t11-,12-,13-,14-/m0/s1. The van der Waals surface area contributed by atoms with Crippen LogP contribution in [0.2, 0.25) is 0 Å². The Labute approximate surface area is 181 Å². The van der Waals surface area contributed by atoms with E-state index in [1.54, 1.807) is 14.0 Å². The number of amides is 3. The van der Waals surface area contributed by atoms with Crippen LogP contribution < -0.4 is 32.7 Å². The van der Waals surface area contributed by atoms with Crippen molar-refractivity contribution in [2.24, 2.45) is 11.5 Å². The molecular formula is C19H33N7O5. The summed E-state index contributed by atoms with van der Waals surface area (Å²) in [6.07, 6.45) is 6.26. The average Bonchev–Trinajstić information content (AvgIpc) is 3.22. The number of likely N-dealkylation sites (N-methyl/N-ethyl adjacent to an activating group) is 1. The SMILES string of the molecule is C#C[C@H](NC(=O)[C@@H]1CCCN1C(=O)[C@H](C)NC)C(=O)N[C@@H](CCCNC(N)N)C(=O)O. The maximum atomic E-state index is 12.7. The molecule has 1 fully saturated rings. The summed E-state index contributed by atoms with van der Waals surface area (Å²) in [6, 6.07) is -3.77. The maximum absolute atomic E-state index is 12.7. The highest BCUT2D eigenvalue weighted by molar-refractivity contribution is 5.95. The number of carboxylic acid groups (broad SMARTS) is 1. The third kappa shape index (κ3) is 8.14. The summed E-state index contributed by atoms with van der Waals surface area (Å²) < 4.78 is 0. The average molecular weight is 440 g/mol. The summed E-state index contributed by atoms with van der Waals surface area (Å²) in [5.41, 5.74) is 10.7. The molecule has 0 bridgehead atoms. The van der Waals surface area contributed by atoms with Crippen molar-refractivity contribution >= 4 is 23.7 Å². The Kier molecular flexibility index (Phi) is 10.9. The third-order valence-electron chi connectivity index (χ3n) is 5.02. The van der Waals surface area contributed by atoms with Crippen LogP contribution >= 0.6 is 0 Å². The van der Waals surface area contributed by atoms with Gasteiger partial charge in [0.1, 0.15) is 18.4 Å². The number of nitrogens with zero attached hydrogens (tertiary/aromatic N) is 1. The normalized spacial score (nSPS) is 18.7. The fourth-order valence-corrected chi connectivity index (χ4v) is 3.18. The first kappa shape index (κ1) is 26.3. The van der Waals surface area contributed by atoms with E-state index in [0.29, 0.717) is 32.4 Å². The van der Waals surface area contributed by atoms with Crippen LogP contribution in [0.4, 0.5) is 0 Å². The smallest absolute Gasteiger partial charge is 0.326 e. The monoisotopic (exact) mass is 439 g/mol. The molecule has 12 heteroatoms. The van der Waals surface area contributed by atoms with Gasteiger partial charge in [-0.05, 0) is 46.2 Å². The summed E-state index contributed by atoms with van der Waals surface area (Å²) in [6.45, 7) is 2.48. The zero-order valence-electron chi connectivity index (χ0n) is 17.9. The number of aliphatic carboxylic acids is 1. The van der Waals surface area contributed by atoms with E-state index < -0.39 is 48.2 Å². The summed E-state index contributed by atoms with van der Waals surface area (Å²) in [5, 5.41) is 19.7. The molecule has 0 aromatic carbocycles. The largest absolute Gasteiger partial charge is 0.480 e. The lowest BCUT2D eigenvalue weighted by atomic mass is 10.1. The molecule has 0 aromatic heterocycles. The minimum atomic E-state index is -1.37. The van der Waals surface area contributed by atoms with Gasteiger partial charge in [0.05, 0.1) is 6.04 Å². The highest BCUT2D eigenvalue weighted by Crippen LogP contribution is 2.18. The van der Waals surface area contributed by atoms with Crippen LogP contribution in [0.3, 0.4) is 0 Å². The molecule has 0 aliphatic carbocycles. The molecule has 31 heavy (non-hydrogen) atoms. The molecule has 1 aliphatic heterocycles. The van der Waals surface area contributed by atoms with E-state index in [4.69, 9.17) is 17.9 Å². The lowest BCUT2D eigenvalue weighted by Crippen LogP contribution is -2.56. The zero-order valence-corrected chi connectivity index (χ0v) is 17.9. The van der Waals surface area contributed by atoms with Gasteiger partial charge in [-0.1, -0.05) is 5.92 Å². The second kappa shape index (κ2) is 12.9. The van der Waals surface area contributed by atoms with Crippen molar-refractivity contribution in [3.8, 4) is 12.3 Å². The number of nitrogens with one attached hydrogen (secondary N) is 4. The van der Waals surface area contributed by atoms with Crippen LogP contribution in [0.15, 0.2) is 0 Å². The summed E-state index contributed by atoms with van der Waals surface area (Å²) in [7, 11) is 1.64. The van der Waals surface area contributed by atoms with Crippen molar-refractivity contribution in [1.82, 2.24) is 26.2 Å². The number of terminal acetylenes is 1. The van der Waals surface area contributed by atoms with E-state index in [1.807, 2.05) is 0 Å². The summed E-state index contributed by atoms with van der Waals surface area (Å²) >= 11 is 0. The van der Waals surface area contributed by atoms with E-state index in [9.17, 15) is 24.3 Å². The topological polar surface area (TPSA) is 192 Å². The molecule has 0 spiro atoms. The first-order chi connectivity index (χ1) is 14.6. The van der Waals surface area contributed by atoms with Crippen LogP contribution in [0, 0.1) is 12.3 Å². The van der Waals surface area contributed by atoms with Gasteiger partial charge in [-0.15, -0.1) is 6.42 Å². The van der Waals surface area contributed by atoms with Gasteiger partial charge < -0.3 is 37.4 Å². The molecule has 0 radical (unpaired) electrons. The van der Waals surface area contributed by atoms with E-state index >= 15 is 0 Å². The Bertz CT molecular complexity index is 694. The molecule has 4 atom stereocenters. The number of carbonyl (C=O) groups is 4. The molecule has 3 amide bonds. The first-order valence-corrected chi connectivity index (χ1v) is 10.1. The zero-order chi connectivity index (χ0) is 23.6. The second-order valence-corrected chi connectivity index (χ2v) is 7.33. The minimum Gasteiger partial charge on any atom is -0.480 e. The fourth-order valence-electron chi connectivity index (χ4n) is 3.18. The van der Waals surface area contributed by atoms with Crippen LogP contribution in [0.1, 0.15) is 32.6 Å². The van der Waals surface area contributed by atoms with Crippen LogP contribution in [-0.4, -0.2) is 84.3 Å². The fraction of sp³-hybridized carbons (Fsp3) is 0.684. The number of likely N-dealkylation sites (tertiary alicyclic amines) is 1. The minimum absolute atomic E-state index is 0.110. The van der Waals surface area contributed by atoms with Gasteiger partial charge in [-0.25, -0.2) is 4.79 Å². The van der Waals surface area contributed by atoms with Gasteiger partial charge >= 0.3 is 5.97 Å². The van der Waals surface area contributed by atoms with E-state index in [-0.39, 0.29) is 12.3 Å². The van der Waals surface area contributed by atoms with Crippen molar-refractivity contribution in [2.45, 2.75) is 63.1 Å². The number of carboxylic acids is 1. The van der Waals surface area contributed by atoms with Crippen LogP contribution in [0.5, 0.6) is 0 Å². The highest BCUT2D eigenvalue weighted by atomic mass is 16.4. The lowest BCUT2D eigenvalue weighted by molar-refractivity contribution is -0.142. The van der Waals surface area contributed by atoms with Crippen LogP contribution in [0.25, 0.3) is 0 Å². The number of hydrogen-bond donors (Lipinski definition) is 7. The van der Waals surface area contributed by atoms with Gasteiger partial charge in [-0.3, -0.25) is 19.7 Å². The Morgan fingerprint density at radius 2 is 1.94 bits per heavy atom. The molecule has 0 saturated carbocycles. The number of carbonyl (C=O) groups excluding carboxylic acids is 3. The van der Waals surface area contributed by atoms with Gasteiger partial charge in [0.15, 0.2) is 6.04 Å². The summed E-state index contributed by atoms with van der Waals surface area (Å²) in [4.78, 5) is 50.5. The Morgan fingerprint density at radius 1 is 1.26 bits per heavy atom. The Morgan fingerprint density at radius 3 is 2.48 bits per heavy atom. The van der Waals surface area contributed by atoms with E-state index in [0.717, 1.165) is 0 Å². The van der Waals surface area contributed by atoms with Crippen molar-refractivity contribution in [3.05, 3.63) is 0 Å². The molecule has 0 unspecified atom stereocenters. The molecule has 174 valence electrons. The van der Waals surface area contributed by atoms with E-state index in [2.05, 4.69) is 27.2 Å². The van der Waals surface area contributed by atoms with Gasteiger partial charge in [0.25, 0.3) is 5.91 Å². The molecule has 12 nitrogen and oxygen atoms in total. The molecule has 1 heterocycles. The number of hydrogen-bond acceptors (Lipinski definition) is 8. The van der Waals surface area contributed by atoms with Gasteiger partial charge in [0.2, 0.25) is 11.8 Å². The highest BCUT2D eigenvalue weighted by Gasteiger charge is 2.37. The molecule has 1 rings (SSSR count). The van der Waals surface area contributed by atoms with Crippen LogP contribution in [-0.2, 0) is 19.2 Å². The van der Waals surface area contributed by atoms with Crippen molar-refractivity contribution < 1.29 is 24.3 Å². The third-order valence-corrected chi connectivity index (χ3v) is 5.02. The quantitative estimate of drug-likeness (QED) is 0.0934. The Balaban J connectivity index is 2.70. The first-order valence-electron chi connectivity index (χ1n) is 10.1. The predicted molar refractivity (Wildman–Crippen MR) is 113 cm³/mol. The predicted octanol–water partition coefficient (Wildman–Crippen LogP) is -3.16.